The van der Waals surface area contributed by atoms with Crippen molar-refractivity contribution < 1.29 is 22.0 Å². The highest BCUT2D eigenvalue weighted by Gasteiger charge is 2.32. The van der Waals surface area contributed by atoms with E-state index in [1.54, 1.807) is 42.3 Å². The van der Waals surface area contributed by atoms with Crippen molar-refractivity contribution in [3.8, 4) is 11.1 Å². The Morgan fingerprint density at radius 2 is 1.68 bits per heavy atom. The second-order valence-corrected chi connectivity index (χ2v) is 10.0. The van der Waals surface area contributed by atoms with Crippen LogP contribution in [0.5, 0.6) is 0 Å². The van der Waals surface area contributed by atoms with Crippen molar-refractivity contribution >= 4 is 21.7 Å². The SMILES string of the molecule is CN(C(=O)Nc1ccc(-c2cc(F)cc(F)c2)cc1)C1CCN(S(=O)(=O)c2cccnc2)CC1. The van der Waals surface area contributed by atoms with Crippen molar-refractivity contribution in [1.82, 2.24) is 14.2 Å². The van der Waals surface area contributed by atoms with Gasteiger partial charge < -0.3 is 10.2 Å². The number of piperidine rings is 1. The molecule has 2 heterocycles. The first kappa shape index (κ1) is 23.8. The molecule has 0 saturated carbocycles. The molecule has 0 spiro atoms. The van der Waals surface area contributed by atoms with Crippen molar-refractivity contribution in [2.45, 2.75) is 23.8 Å². The fourth-order valence-corrected chi connectivity index (χ4v) is 5.40. The summed E-state index contributed by atoms with van der Waals surface area (Å²) in [5, 5.41) is 2.81. The van der Waals surface area contributed by atoms with E-state index in [2.05, 4.69) is 10.3 Å². The lowest BCUT2D eigenvalue weighted by Gasteiger charge is -2.36. The molecule has 1 aliphatic rings. The lowest BCUT2D eigenvalue weighted by atomic mass is 10.0. The molecule has 0 radical (unpaired) electrons. The fraction of sp³-hybridized carbons (Fsp3) is 0.250. The topological polar surface area (TPSA) is 82.6 Å². The molecule has 4 rings (SSSR count). The maximum atomic E-state index is 13.5. The standard InChI is InChI=1S/C24H24F2N4O3S/c1-29(22-8-11-30(12-9-22)34(32,33)23-3-2-10-27-16-23)24(31)28-21-6-4-17(5-7-21)18-13-19(25)15-20(26)14-18/h2-7,10,13-16,22H,8-9,11-12H2,1H3,(H,28,31). The van der Waals surface area contributed by atoms with Crippen LogP contribution >= 0.6 is 0 Å². The zero-order valence-electron chi connectivity index (χ0n) is 18.5. The highest BCUT2D eigenvalue weighted by molar-refractivity contribution is 7.89. The quantitative estimate of drug-likeness (QED) is 0.582. The first-order valence-corrected chi connectivity index (χ1v) is 12.2. The van der Waals surface area contributed by atoms with Crippen LogP contribution in [0.3, 0.4) is 0 Å². The summed E-state index contributed by atoms with van der Waals surface area (Å²) in [7, 11) is -1.93. The molecule has 0 unspecified atom stereocenters. The van der Waals surface area contributed by atoms with E-state index in [0.717, 1.165) is 6.07 Å². The van der Waals surface area contributed by atoms with Crippen molar-refractivity contribution in [2.75, 3.05) is 25.5 Å². The summed E-state index contributed by atoms with van der Waals surface area (Å²) in [5.74, 6) is -1.32. The van der Waals surface area contributed by atoms with Crippen LogP contribution in [0.4, 0.5) is 19.3 Å². The number of anilines is 1. The molecule has 2 aromatic carbocycles. The van der Waals surface area contributed by atoms with Gasteiger partial charge in [-0.1, -0.05) is 12.1 Å². The minimum Gasteiger partial charge on any atom is -0.325 e. The van der Waals surface area contributed by atoms with Gasteiger partial charge in [0.25, 0.3) is 0 Å². The lowest BCUT2D eigenvalue weighted by molar-refractivity contribution is 0.174. The zero-order valence-corrected chi connectivity index (χ0v) is 19.3. The molecule has 1 aliphatic heterocycles. The smallest absolute Gasteiger partial charge is 0.321 e. The summed E-state index contributed by atoms with van der Waals surface area (Å²) in [6.07, 6.45) is 3.87. The van der Waals surface area contributed by atoms with Crippen molar-refractivity contribution in [2.24, 2.45) is 0 Å². The first-order chi connectivity index (χ1) is 16.2. The number of urea groups is 1. The summed E-state index contributed by atoms with van der Waals surface area (Å²) in [4.78, 5) is 18.3. The van der Waals surface area contributed by atoms with Crippen molar-refractivity contribution in [3.05, 3.63) is 78.6 Å². The van der Waals surface area contributed by atoms with Gasteiger partial charge in [-0.15, -0.1) is 0 Å². The molecule has 3 aromatic rings. The number of nitrogens with one attached hydrogen (secondary N) is 1. The van der Waals surface area contributed by atoms with Crippen LogP contribution in [0.15, 0.2) is 71.9 Å². The number of sulfonamides is 1. The molecule has 7 nitrogen and oxygen atoms in total. The summed E-state index contributed by atoms with van der Waals surface area (Å²) >= 11 is 0. The van der Waals surface area contributed by atoms with E-state index < -0.39 is 21.7 Å². The molecule has 178 valence electrons. The minimum atomic E-state index is -3.61. The fourth-order valence-electron chi connectivity index (χ4n) is 3.96. The molecule has 0 bridgehead atoms. The molecule has 1 saturated heterocycles. The van der Waals surface area contributed by atoms with Gasteiger partial charge in [0.1, 0.15) is 16.5 Å². The molecule has 0 atom stereocenters. The van der Waals surface area contributed by atoms with Crippen LogP contribution in [0.1, 0.15) is 12.8 Å². The van der Waals surface area contributed by atoms with E-state index in [1.165, 1.54) is 34.9 Å². The normalized spacial score (nSPS) is 15.1. The molecule has 1 N–H and O–H groups in total. The highest BCUT2D eigenvalue weighted by Crippen LogP contribution is 2.25. The Morgan fingerprint density at radius 1 is 1.03 bits per heavy atom. The largest absolute Gasteiger partial charge is 0.325 e. The monoisotopic (exact) mass is 486 g/mol. The summed E-state index contributed by atoms with van der Waals surface area (Å²) in [5.41, 5.74) is 1.56. The third kappa shape index (κ3) is 5.23. The van der Waals surface area contributed by atoms with Gasteiger partial charge in [-0.2, -0.15) is 4.31 Å². The average Bonchev–Trinajstić information content (AvgIpc) is 2.84. The maximum absolute atomic E-state index is 13.5. The Morgan fingerprint density at radius 3 is 2.26 bits per heavy atom. The van der Waals surface area contributed by atoms with Crippen LogP contribution < -0.4 is 5.32 Å². The minimum absolute atomic E-state index is 0.116. The Labute approximate surface area is 197 Å². The second-order valence-electron chi connectivity index (χ2n) is 8.10. The molecular formula is C24H24F2N4O3S. The van der Waals surface area contributed by atoms with Gasteiger partial charge in [0.15, 0.2) is 0 Å². The zero-order chi connectivity index (χ0) is 24.3. The molecule has 10 heteroatoms. The third-order valence-corrected chi connectivity index (χ3v) is 7.78. The van der Waals surface area contributed by atoms with Crippen LogP contribution in [-0.4, -0.2) is 54.8 Å². The van der Waals surface area contributed by atoms with E-state index in [1.807, 2.05) is 0 Å². The molecule has 34 heavy (non-hydrogen) atoms. The van der Waals surface area contributed by atoms with Gasteiger partial charge >= 0.3 is 6.03 Å². The highest BCUT2D eigenvalue weighted by atomic mass is 32.2. The summed E-state index contributed by atoms with van der Waals surface area (Å²) in [6.45, 7) is 0.608. The molecule has 0 aliphatic carbocycles. The van der Waals surface area contributed by atoms with Gasteiger partial charge in [-0.25, -0.2) is 22.0 Å². The number of hydrogen-bond acceptors (Lipinski definition) is 4. The Bertz CT molecular complexity index is 1240. The Kier molecular flexibility index (Phi) is 6.90. The number of carbonyl (C=O) groups is 1. The van der Waals surface area contributed by atoms with Crippen LogP contribution in [-0.2, 0) is 10.0 Å². The van der Waals surface area contributed by atoms with Crippen LogP contribution in [0, 0.1) is 11.6 Å². The van der Waals surface area contributed by atoms with E-state index in [4.69, 9.17) is 0 Å². The third-order valence-electron chi connectivity index (χ3n) is 5.90. The summed E-state index contributed by atoms with van der Waals surface area (Å²) < 4.78 is 53.9. The first-order valence-electron chi connectivity index (χ1n) is 10.7. The van der Waals surface area contributed by atoms with Crippen molar-refractivity contribution in [3.63, 3.8) is 0 Å². The number of carbonyl (C=O) groups excluding carboxylic acids is 1. The van der Waals surface area contributed by atoms with E-state index in [9.17, 15) is 22.0 Å². The van der Waals surface area contributed by atoms with Gasteiger partial charge in [-0.3, -0.25) is 4.98 Å². The van der Waals surface area contributed by atoms with E-state index in [-0.39, 0.29) is 17.0 Å². The number of halogens is 2. The van der Waals surface area contributed by atoms with Gasteiger partial charge in [0, 0.05) is 50.3 Å². The number of pyridine rings is 1. The number of amides is 2. The molecule has 1 aromatic heterocycles. The molecule has 2 amide bonds. The summed E-state index contributed by atoms with van der Waals surface area (Å²) in [6, 6.07) is 12.6. The lowest BCUT2D eigenvalue weighted by Crippen LogP contribution is -2.48. The van der Waals surface area contributed by atoms with Gasteiger partial charge in [0.05, 0.1) is 0 Å². The number of nitrogens with zero attached hydrogens (tertiary/aromatic N) is 3. The average molecular weight is 487 g/mol. The number of rotatable bonds is 5. The number of aromatic nitrogens is 1. The predicted molar refractivity (Wildman–Crippen MR) is 125 cm³/mol. The molecule has 1 fully saturated rings. The van der Waals surface area contributed by atoms with Crippen molar-refractivity contribution in [1.29, 1.82) is 0 Å². The van der Waals surface area contributed by atoms with Gasteiger partial charge in [-0.05, 0) is 60.4 Å². The van der Waals surface area contributed by atoms with E-state index in [0.29, 0.717) is 42.7 Å². The number of benzene rings is 2. The second kappa shape index (κ2) is 9.86. The van der Waals surface area contributed by atoms with E-state index >= 15 is 0 Å². The predicted octanol–water partition coefficient (Wildman–Crippen LogP) is 4.34. The Balaban J connectivity index is 1.34. The van der Waals surface area contributed by atoms with Crippen LogP contribution in [0.25, 0.3) is 11.1 Å². The van der Waals surface area contributed by atoms with Crippen LogP contribution in [0.2, 0.25) is 0 Å². The molecular weight excluding hydrogens is 462 g/mol. The Hall–Kier alpha value is -3.37. The number of hydrogen-bond donors (Lipinski definition) is 1. The van der Waals surface area contributed by atoms with Gasteiger partial charge in [0.2, 0.25) is 10.0 Å². The maximum Gasteiger partial charge on any atom is 0.321 e.